The average molecular weight is 447 g/mol. The molecule has 0 amide bonds. The summed E-state index contributed by atoms with van der Waals surface area (Å²) in [5, 5.41) is -0.321. The Morgan fingerprint density at radius 1 is 0.857 bits per heavy atom. The molecule has 150 valence electrons. The third-order valence-corrected chi connectivity index (χ3v) is 7.92. The minimum atomic E-state index is -0.417. The van der Waals surface area contributed by atoms with Crippen LogP contribution in [0.1, 0.15) is 29.9 Å². The molecule has 2 aromatic carbocycles. The van der Waals surface area contributed by atoms with Gasteiger partial charge in [0.1, 0.15) is 0 Å². The fourth-order valence-electron chi connectivity index (χ4n) is 4.13. The van der Waals surface area contributed by atoms with Gasteiger partial charge < -0.3 is 0 Å². The summed E-state index contributed by atoms with van der Waals surface area (Å²) in [6, 6.07) is 21.2. The molecule has 0 spiro atoms. The molecule has 0 saturated heterocycles. The Bertz CT molecular complexity index is 731. The zero-order valence-corrected chi connectivity index (χ0v) is 19.6. The van der Waals surface area contributed by atoms with Gasteiger partial charge in [0.25, 0.3) is 0 Å². The third kappa shape index (κ3) is 4.89. The Morgan fingerprint density at radius 3 is 1.93 bits per heavy atom. The van der Waals surface area contributed by atoms with Gasteiger partial charge in [-0.1, -0.05) is 72.8 Å². The molecule has 2 rings (SSSR count). The molecule has 0 aliphatic heterocycles. The third-order valence-electron chi connectivity index (χ3n) is 5.47. The monoisotopic (exact) mass is 446 g/mol. The molecule has 0 N–H and O–H groups in total. The fourth-order valence-corrected chi connectivity index (χ4v) is 5.77. The van der Waals surface area contributed by atoms with Gasteiger partial charge in [0, 0.05) is 21.2 Å². The molecular formula is C24H30S4. The van der Waals surface area contributed by atoms with Crippen LogP contribution >= 0.6 is 50.5 Å². The standard InChI is InChI=1S/C24H30S4/c1-3-21(26)23(28)24(22(27)4-2,19-14-9-6-10-15-19)20(16-11-17-25)18-12-7-5-8-13-18/h3-10,12-15,20-23,25-28H,1-2,11,16-17H2. The van der Waals surface area contributed by atoms with Gasteiger partial charge in [0.2, 0.25) is 0 Å². The van der Waals surface area contributed by atoms with Gasteiger partial charge in [-0.25, -0.2) is 0 Å². The molecule has 0 bridgehead atoms. The van der Waals surface area contributed by atoms with E-state index in [2.05, 4.69) is 80.4 Å². The van der Waals surface area contributed by atoms with Crippen molar-refractivity contribution in [2.45, 2.75) is 39.9 Å². The number of rotatable bonds is 11. The van der Waals surface area contributed by atoms with E-state index in [0.717, 1.165) is 18.6 Å². The van der Waals surface area contributed by atoms with Crippen LogP contribution in [-0.2, 0) is 5.41 Å². The van der Waals surface area contributed by atoms with Crippen molar-refractivity contribution >= 4 is 50.5 Å². The molecule has 28 heavy (non-hydrogen) atoms. The molecule has 0 aliphatic carbocycles. The zero-order chi connectivity index (χ0) is 20.6. The van der Waals surface area contributed by atoms with Crippen molar-refractivity contribution in [1.82, 2.24) is 0 Å². The normalized spacial score (nSPS) is 17.7. The molecule has 0 heterocycles. The fraction of sp³-hybridized carbons (Fsp3) is 0.333. The van der Waals surface area contributed by atoms with Crippen LogP contribution in [0.15, 0.2) is 86.0 Å². The predicted molar refractivity (Wildman–Crippen MR) is 139 cm³/mol. The average Bonchev–Trinajstić information content (AvgIpc) is 2.76. The molecule has 0 fully saturated rings. The maximum Gasteiger partial charge on any atom is 0.0320 e. The van der Waals surface area contributed by atoms with Crippen LogP contribution in [0.3, 0.4) is 0 Å². The van der Waals surface area contributed by atoms with Crippen LogP contribution in [0.4, 0.5) is 0 Å². The van der Waals surface area contributed by atoms with E-state index in [1.165, 1.54) is 11.1 Å². The zero-order valence-electron chi connectivity index (χ0n) is 16.1. The largest absolute Gasteiger partial charge is 0.179 e. The van der Waals surface area contributed by atoms with Crippen molar-refractivity contribution in [2.24, 2.45) is 0 Å². The lowest BCUT2D eigenvalue weighted by molar-refractivity contribution is 0.327. The summed E-state index contributed by atoms with van der Waals surface area (Å²) < 4.78 is 0. The summed E-state index contributed by atoms with van der Waals surface area (Å²) >= 11 is 19.5. The van der Waals surface area contributed by atoms with Crippen molar-refractivity contribution in [3.63, 3.8) is 0 Å². The molecule has 4 heteroatoms. The van der Waals surface area contributed by atoms with Gasteiger partial charge in [-0.2, -0.15) is 50.5 Å². The van der Waals surface area contributed by atoms with Crippen LogP contribution in [0.5, 0.6) is 0 Å². The van der Waals surface area contributed by atoms with Crippen LogP contribution in [0, 0.1) is 0 Å². The maximum atomic E-state index is 5.14. The van der Waals surface area contributed by atoms with Crippen LogP contribution in [0.2, 0.25) is 0 Å². The lowest BCUT2D eigenvalue weighted by atomic mass is 9.61. The van der Waals surface area contributed by atoms with Crippen molar-refractivity contribution in [2.75, 3.05) is 5.75 Å². The van der Waals surface area contributed by atoms with E-state index in [-0.39, 0.29) is 21.7 Å². The number of thiol groups is 4. The first-order valence-corrected chi connectivity index (χ1v) is 11.7. The lowest BCUT2D eigenvalue weighted by Gasteiger charge is -2.50. The predicted octanol–water partition coefficient (Wildman–Crippen LogP) is 6.69. The SMILES string of the molecule is C=CC(S)C(S)C(c1ccccc1)(C(S)C=C)C(CCCS)c1ccccc1. The Balaban J connectivity index is 2.81. The Morgan fingerprint density at radius 2 is 1.43 bits per heavy atom. The van der Waals surface area contributed by atoms with E-state index < -0.39 is 5.41 Å². The van der Waals surface area contributed by atoms with E-state index in [4.69, 9.17) is 37.9 Å². The minimum absolute atomic E-state index is 0.0969. The summed E-state index contributed by atoms with van der Waals surface area (Å²) in [6.45, 7) is 8.08. The van der Waals surface area contributed by atoms with E-state index in [9.17, 15) is 0 Å². The number of hydrogen-bond acceptors (Lipinski definition) is 4. The van der Waals surface area contributed by atoms with Crippen LogP contribution in [0.25, 0.3) is 0 Å². The Kier molecular flexibility index (Phi) is 9.68. The van der Waals surface area contributed by atoms with E-state index in [1.54, 1.807) is 0 Å². The molecule has 0 nitrogen and oxygen atoms in total. The molecule has 0 radical (unpaired) electrons. The summed E-state index contributed by atoms with van der Waals surface area (Å²) in [6.07, 6.45) is 5.77. The van der Waals surface area contributed by atoms with E-state index in [0.29, 0.717) is 0 Å². The van der Waals surface area contributed by atoms with E-state index >= 15 is 0 Å². The quantitative estimate of drug-likeness (QED) is 0.215. The number of benzene rings is 2. The first-order valence-electron chi connectivity index (χ1n) is 9.54. The van der Waals surface area contributed by atoms with Crippen LogP contribution in [-0.4, -0.2) is 21.5 Å². The highest BCUT2D eigenvalue weighted by Gasteiger charge is 2.50. The second-order valence-electron chi connectivity index (χ2n) is 6.98. The molecule has 0 aliphatic rings. The Labute approximate surface area is 192 Å². The smallest absolute Gasteiger partial charge is 0.0320 e. The van der Waals surface area contributed by atoms with Gasteiger partial charge in [0.15, 0.2) is 0 Å². The molecule has 0 saturated carbocycles. The van der Waals surface area contributed by atoms with Crippen molar-refractivity contribution in [3.05, 3.63) is 97.1 Å². The van der Waals surface area contributed by atoms with Crippen LogP contribution < -0.4 is 0 Å². The van der Waals surface area contributed by atoms with Gasteiger partial charge in [-0.15, -0.1) is 13.2 Å². The highest BCUT2D eigenvalue weighted by molar-refractivity contribution is 7.85. The van der Waals surface area contributed by atoms with Gasteiger partial charge in [-0.05, 0) is 35.6 Å². The summed E-state index contributed by atoms with van der Waals surface area (Å²) in [7, 11) is 0. The Hall–Kier alpha value is -0.680. The van der Waals surface area contributed by atoms with Crippen molar-refractivity contribution in [3.8, 4) is 0 Å². The van der Waals surface area contributed by atoms with Gasteiger partial charge >= 0.3 is 0 Å². The molecule has 2 aromatic rings. The topological polar surface area (TPSA) is 0 Å². The highest BCUT2D eigenvalue weighted by Crippen LogP contribution is 2.52. The second kappa shape index (κ2) is 11.5. The molecule has 5 atom stereocenters. The first kappa shape index (κ1) is 23.6. The van der Waals surface area contributed by atoms with Crippen molar-refractivity contribution < 1.29 is 0 Å². The second-order valence-corrected chi connectivity index (χ2v) is 9.14. The lowest BCUT2D eigenvalue weighted by Crippen LogP contribution is -2.52. The minimum Gasteiger partial charge on any atom is -0.179 e. The molecular weight excluding hydrogens is 417 g/mol. The summed E-state index contributed by atoms with van der Waals surface area (Å²) in [5.41, 5.74) is 2.06. The van der Waals surface area contributed by atoms with E-state index in [1.807, 2.05) is 18.2 Å². The van der Waals surface area contributed by atoms with Gasteiger partial charge in [0.05, 0.1) is 0 Å². The highest BCUT2D eigenvalue weighted by atomic mass is 32.1. The van der Waals surface area contributed by atoms with Gasteiger partial charge in [-0.3, -0.25) is 0 Å². The molecule has 5 unspecified atom stereocenters. The maximum absolute atomic E-state index is 5.14. The molecule has 0 aromatic heterocycles. The van der Waals surface area contributed by atoms with Crippen molar-refractivity contribution in [1.29, 1.82) is 0 Å². The number of hydrogen-bond donors (Lipinski definition) is 4. The first-order chi connectivity index (χ1) is 13.5. The summed E-state index contributed by atoms with van der Waals surface area (Å²) in [5.74, 6) is 1.02. The summed E-state index contributed by atoms with van der Waals surface area (Å²) in [4.78, 5) is 0.